The van der Waals surface area contributed by atoms with Gasteiger partial charge in [0, 0.05) is 12.6 Å². The fraction of sp³-hybridized carbons (Fsp3) is 0.174. The maximum atomic E-state index is 13.5. The van der Waals surface area contributed by atoms with Crippen LogP contribution in [0.25, 0.3) is 6.08 Å². The van der Waals surface area contributed by atoms with Gasteiger partial charge in [-0.05, 0) is 48.4 Å². The molecule has 1 saturated heterocycles. The Kier molecular flexibility index (Phi) is 4.29. The van der Waals surface area contributed by atoms with Gasteiger partial charge in [0.25, 0.3) is 15.9 Å². The SMILES string of the molecule is Cc1ccc(S(=O)(=O)N2C(=O)[C@@H](Cc3ccco3)[C@H]3c4ccccc4C=CN32)cc1. The number of hydrogen-bond donors (Lipinski definition) is 0. The van der Waals surface area contributed by atoms with Crippen LogP contribution in [0.15, 0.2) is 82.4 Å². The normalized spacial score (nSPS) is 20.4. The molecule has 0 bridgehead atoms. The smallest absolute Gasteiger partial charge is 0.284 e. The largest absolute Gasteiger partial charge is 0.469 e. The van der Waals surface area contributed by atoms with E-state index in [1.165, 1.54) is 12.1 Å². The quantitative estimate of drug-likeness (QED) is 0.640. The summed E-state index contributed by atoms with van der Waals surface area (Å²) in [4.78, 5) is 13.6. The van der Waals surface area contributed by atoms with Gasteiger partial charge in [-0.25, -0.2) is 0 Å². The number of nitrogens with zero attached hydrogens (tertiary/aromatic N) is 2. The van der Waals surface area contributed by atoms with Crippen LogP contribution in [0.3, 0.4) is 0 Å². The zero-order chi connectivity index (χ0) is 20.9. The van der Waals surface area contributed by atoms with E-state index in [2.05, 4.69) is 0 Å². The lowest BCUT2D eigenvalue weighted by Crippen LogP contribution is -2.42. The van der Waals surface area contributed by atoms with Crippen molar-refractivity contribution in [3.05, 3.63) is 95.6 Å². The number of sulfonamides is 1. The highest BCUT2D eigenvalue weighted by Crippen LogP contribution is 2.46. The molecule has 1 fully saturated rings. The van der Waals surface area contributed by atoms with Crippen molar-refractivity contribution in [1.29, 1.82) is 0 Å². The second-order valence-corrected chi connectivity index (χ2v) is 9.33. The minimum absolute atomic E-state index is 0.0890. The Bertz CT molecular complexity index is 1230. The standard InChI is InChI=1S/C23H20N2O4S/c1-16-8-10-19(11-9-16)30(27,28)25-23(26)21(15-18-6-4-14-29-18)22-20-7-3-2-5-17(20)12-13-24(22)25/h2-14,21-22H,15H2,1H3/t21-,22+/m0/s1. The molecule has 0 N–H and O–H groups in total. The van der Waals surface area contributed by atoms with E-state index in [9.17, 15) is 13.2 Å². The van der Waals surface area contributed by atoms with E-state index >= 15 is 0 Å². The lowest BCUT2D eigenvalue weighted by Gasteiger charge is -2.33. The molecule has 2 atom stereocenters. The maximum absolute atomic E-state index is 13.5. The van der Waals surface area contributed by atoms with Gasteiger partial charge in [-0.2, -0.15) is 8.42 Å². The van der Waals surface area contributed by atoms with Crippen molar-refractivity contribution >= 4 is 22.0 Å². The Morgan fingerprint density at radius 1 is 1.00 bits per heavy atom. The number of fused-ring (bicyclic) bond motifs is 3. The highest BCUT2D eigenvalue weighted by Gasteiger charge is 2.53. The van der Waals surface area contributed by atoms with Crippen molar-refractivity contribution in [3.63, 3.8) is 0 Å². The van der Waals surface area contributed by atoms with Gasteiger partial charge in [-0.3, -0.25) is 9.80 Å². The fourth-order valence-electron chi connectivity index (χ4n) is 4.19. The van der Waals surface area contributed by atoms with Crippen LogP contribution < -0.4 is 0 Å². The molecule has 2 aromatic carbocycles. The highest BCUT2D eigenvalue weighted by atomic mass is 32.2. The Labute approximate surface area is 175 Å². The molecule has 0 aliphatic carbocycles. The Morgan fingerprint density at radius 2 is 1.77 bits per heavy atom. The third kappa shape index (κ3) is 2.85. The predicted molar refractivity (Wildman–Crippen MR) is 111 cm³/mol. The molecule has 1 aromatic heterocycles. The van der Waals surface area contributed by atoms with Crippen molar-refractivity contribution < 1.29 is 17.6 Å². The summed E-state index contributed by atoms with van der Waals surface area (Å²) in [6.45, 7) is 1.89. The van der Waals surface area contributed by atoms with Crippen molar-refractivity contribution in [3.8, 4) is 0 Å². The minimum Gasteiger partial charge on any atom is -0.469 e. The van der Waals surface area contributed by atoms with Gasteiger partial charge in [0.05, 0.1) is 23.1 Å². The van der Waals surface area contributed by atoms with Crippen molar-refractivity contribution in [2.45, 2.75) is 24.3 Å². The molecular weight excluding hydrogens is 400 g/mol. The van der Waals surface area contributed by atoms with Crippen LogP contribution in [-0.4, -0.2) is 23.7 Å². The van der Waals surface area contributed by atoms with E-state index < -0.39 is 27.9 Å². The van der Waals surface area contributed by atoms with Crippen LogP contribution in [0.4, 0.5) is 0 Å². The van der Waals surface area contributed by atoms with E-state index in [-0.39, 0.29) is 4.90 Å². The predicted octanol–water partition coefficient (Wildman–Crippen LogP) is 3.92. The molecule has 1 amide bonds. The van der Waals surface area contributed by atoms with Gasteiger partial charge in [-0.1, -0.05) is 42.0 Å². The zero-order valence-electron chi connectivity index (χ0n) is 16.3. The first-order valence-electron chi connectivity index (χ1n) is 9.70. The molecule has 3 heterocycles. The van der Waals surface area contributed by atoms with Crippen molar-refractivity contribution in [1.82, 2.24) is 9.42 Å². The average Bonchev–Trinajstić information content (AvgIpc) is 3.35. The first-order valence-corrected chi connectivity index (χ1v) is 11.1. The van der Waals surface area contributed by atoms with Crippen LogP contribution in [0, 0.1) is 12.8 Å². The number of furan rings is 1. The molecule has 5 rings (SSSR count). The number of amides is 1. The summed E-state index contributed by atoms with van der Waals surface area (Å²) in [5.41, 5.74) is 2.85. The molecular formula is C23H20N2O4S. The summed E-state index contributed by atoms with van der Waals surface area (Å²) in [7, 11) is -4.06. The van der Waals surface area contributed by atoms with Gasteiger partial charge in [0.15, 0.2) is 0 Å². The molecule has 2 aliphatic rings. The molecule has 6 nitrogen and oxygen atoms in total. The van der Waals surface area contributed by atoms with E-state index in [1.54, 1.807) is 41.7 Å². The number of aryl methyl sites for hydroxylation is 1. The molecule has 0 spiro atoms. The first kappa shape index (κ1) is 18.7. The number of rotatable bonds is 4. The monoisotopic (exact) mass is 420 g/mol. The highest BCUT2D eigenvalue weighted by molar-refractivity contribution is 7.89. The second kappa shape index (κ2) is 6.88. The topological polar surface area (TPSA) is 70.8 Å². The van der Waals surface area contributed by atoms with Crippen LogP contribution in [-0.2, 0) is 21.2 Å². The average molecular weight is 420 g/mol. The van der Waals surface area contributed by atoms with Crippen LogP contribution in [0.2, 0.25) is 0 Å². The maximum Gasteiger partial charge on any atom is 0.284 e. The molecule has 0 saturated carbocycles. The molecule has 7 heteroatoms. The van der Waals surface area contributed by atoms with Crippen LogP contribution in [0.1, 0.15) is 28.5 Å². The second-order valence-electron chi connectivity index (χ2n) is 7.56. The summed E-state index contributed by atoms with van der Waals surface area (Å²) in [5.74, 6) is -0.407. The van der Waals surface area contributed by atoms with Crippen molar-refractivity contribution in [2.24, 2.45) is 5.92 Å². The summed E-state index contributed by atoms with van der Waals surface area (Å²) in [6.07, 6.45) is 5.39. The molecule has 152 valence electrons. The van der Waals surface area contributed by atoms with E-state index in [1.807, 2.05) is 37.3 Å². The molecule has 0 radical (unpaired) electrons. The summed E-state index contributed by atoms with van der Waals surface area (Å²) in [5, 5.41) is 1.55. The van der Waals surface area contributed by atoms with Gasteiger partial charge in [0.1, 0.15) is 5.76 Å². The van der Waals surface area contributed by atoms with E-state index in [0.717, 1.165) is 21.1 Å². The van der Waals surface area contributed by atoms with Crippen LogP contribution >= 0.6 is 0 Å². The molecule has 3 aromatic rings. The number of hydrogen-bond acceptors (Lipinski definition) is 5. The Morgan fingerprint density at radius 3 is 2.50 bits per heavy atom. The van der Waals surface area contributed by atoms with Crippen molar-refractivity contribution in [2.75, 3.05) is 0 Å². The minimum atomic E-state index is -4.06. The summed E-state index contributed by atoms with van der Waals surface area (Å²) in [6, 6.07) is 17.4. The lowest BCUT2D eigenvalue weighted by molar-refractivity contribution is -0.130. The third-order valence-corrected chi connectivity index (χ3v) is 7.34. The van der Waals surface area contributed by atoms with E-state index in [4.69, 9.17) is 4.42 Å². The number of carbonyl (C=O) groups excluding carboxylic acids is 1. The van der Waals surface area contributed by atoms with Gasteiger partial charge in [-0.15, -0.1) is 4.41 Å². The Balaban J connectivity index is 1.63. The van der Waals surface area contributed by atoms with E-state index in [0.29, 0.717) is 12.2 Å². The van der Waals surface area contributed by atoms with Crippen LogP contribution in [0.5, 0.6) is 0 Å². The Hall–Kier alpha value is -3.32. The molecule has 30 heavy (non-hydrogen) atoms. The number of benzene rings is 2. The van der Waals surface area contributed by atoms with Gasteiger partial charge < -0.3 is 4.42 Å². The third-order valence-electron chi connectivity index (χ3n) is 5.65. The first-order chi connectivity index (χ1) is 14.5. The summed E-state index contributed by atoms with van der Waals surface area (Å²) >= 11 is 0. The van der Waals surface area contributed by atoms with Gasteiger partial charge in [0.2, 0.25) is 0 Å². The van der Waals surface area contributed by atoms with Gasteiger partial charge >= 0.3 is 0 Å². The number of hydrazine groups is 1. The fourth-order valence-corrected chi connectivity index (χ4v) is 5.64. The zero-order valence-corrected chi connectivity index (χ0v) is 17.1. The lowest BCUT2D eigenvalue weighted by atomic mass is 9.86. The molecule has 2 aliphatic heterocycles. The summed E-state index contributed by atoms with van der Waals surface area (Å²) < 4.78 is 33.3. The number of carbonyl (C=O) groups is 1. The molecule has 0 unspecified atom stereocenters.